The Morgan fingerprint density at radius 2 is 2.12 bits per heavy atom. The normalized spacial score (nSPS) is 20.6. The summed E-state index contributed by atoms with van der Waals surface area (Å²) in [6.45, 7) is 2.52. The highest BCUT2D eigenvalue weighted by molar-refractivity contribution is 7.89. The molecule has 25 heavy (non-hydrogen) atoms. The van der Waals surface area contributed by atoms with Crippen molar-refractivity contribution >= 4 is 26.8 Å². The van der Waals surface area contributed by atoms with E-state index in [1.165, 1.54) is 0 Å². The van der Waals surface area contributed by atoms with Crippen LogP contribution in [-0.2, 0) is 14.8 Å². The summed E-state index contributed by atoms with van der Waals surface area (Å²) in [4.78, 5) is 17.0. The van der Waals surface area contributed by atoms with Crippen LogP contribution >= 0.6 is 0 Å². The Bertz CT molecular complexity index is 873. The van der Waals surface area contributed by atoms with Crippen LogP contribution in [0, 0.1) is 0 Å². The number of sulfonamides is 1. The van der Waals surface area contributed by atoms with Gasteiger partial charge in [-0.25, -0.2) is 13.1 Å². The van der Waals surface area contributed by atoms with Gasteiger partial charge in [0.05, 0.1) is 11.4 Å². The predicted molar refractivity (Wildman–Crippen MR) is 93.8 cm³/mol. The smallest absolute Gasteiger partial charge is 0.317 e. The fraction of sp³-hybridized carbons (Fsp3) is 0.412. The first kappa shape index (κ1) is 17.8. The zero-order valence-corrected chi connectivity index (χ0v) is 14.7. The van der Waals surface area contributed by atoms with Gasteiger partial charge < -0.3 is 5.11 Å². The molecule has 0 amide bonds. The van der Waals surface area contributed by atoms with E-state index in [1.807, 2.05) is 17.9 Å². The summed E-state index contributed by atoms with van der Waals surface area (Å²) in [5.41, 5.74) is 0. The number of carboxylic acid groups (broad SMARTS) is 1. The Morgan fingerprint density at radius 1 is 1.36 bits per heavy atom. The van der Waals surface area contributed by atoms with Gasteiger partial charge in [-0.05, 0) is 31.5 Å². The third kappa shape index (κ3) is 3.81. The van der Waals surface area contributed by atoms with Crippen LogP contribution in [0.2, 0.25) is 0 Å². The van der Waals surface area contributed by atoms with Crippen molar-refractivity contribution in [3.05, 3.63) is 36.7 Å². The number of nitrogens with zero attached hydrogens (tertiary/aromatic N) is 2. The van der Waals surface area contributed by atoms with Crippen LogP contribution in [0.5, 0.6) is 0 Å². The molecule has 1 aliphatic rings. The third-order valence-corrected chi connectivity index (χ3v) is 6.20. The van der Waals surface area contributed by atoms with E-state index in [0.717, 1.165) is 5.39 Å². The molecule has 0 aliphatic heterocycles. The van der Waals surface area contributed by atoms with E-state index in [-0.39, 0.29) is 23.5 Å². The Hall–Kier alpha value is -2.03. The molecule has 0 spiro atoms. The molecule has 1 saturated carbocycles. The molecule has 1 aromatic heterocycles. The average molecular weight is 363 g/mol. The fourth-order valence-electron chi connectivity index (χ4n) is 3.27. The molecule has 7 nitrogen and oxygen atoms in total. The third-order valence-electron chi connectivity index (χ3n) is 4.63. The number of pyridine rings is 1. The molecule has 2 aromatic rings. The first-order chi connectivity index (χ1) is 11.9. The van der Waals surface area contributed by atoms with E-state index in [2.05, 4.69) is 9.71 Å². The molecule has 0 atom stereocenters. The van der Waals surface area contributed by atoms with Crippen molar-refractivity contribution in [3.8, 4) is 0 Å². The van der Waals surface area contributed by atoms with Crippen LogP contribution in [0.3, 0.4) is 0 Å². The molecule has 8 heteroatoms. The van der Waals surface area contributed by atoms with Gasteiger partial charge in [0.15, 0.2) is 0 Å². The number of aromatic nitrogens is 1. The SMILES string of the molecule is CCN(CC(=O)O)C1CC(NS(=O)(=O)c2cccc3cnccc23)C1. The van der Waals surface area contributed by atoms with E-state index in [0.29, 0.717) is 24.8 Å². The number of nitrogens with one attached hydrogen (secondary N) is 1. The molecule has 1 fully saturated rings. The summed E-state index contributed by atoms with van der Waals surface area (Å²) in [5.74, 6) is -0.866. The van der Waals surface area contributed by atoms with Crippen molar-refractivity contribution in [1.82, 2.24) is 14.6 Å². The summed E-state index contributed by atoms with van der Waals surface area (Å²) in [5, 5.41) is 10.3. The van der Waals surface area contributed by atoms with E-state index in [9.17, 15) is 13.2 Å². The summed E-state index contributed by atoms with van der Waals surface area (Å²) in [6.07, 6.45) is 4.45. The van der Waals surface area contributed by atoms with Crippen molar-refractivity contribution in [2.45, 2.75) is 36.7 Å². The van der Waals surface area contributed by atoms with Gasteiger partial charge in [0.25, 0.3) is 0 Å². The standard InChI is InChI=1S/C17H21N3O4S/c1-2-20(11-17(21)22)14-8-13(9-14)19-25(23,24)16-5-3-4-12-10-18-7-6-15(12)16/h3-7,10,13-14,19H,2,8-9,11H2,1H3,(H,21,22). The fourth-order valence-corrected chi connectivity index (χ4v) is 4.76. The van der Waals surface area contributed by atoms with Gasteiger partial charge in [-0.2, -0.15) is 0 Å². The lowest BCUT2D eigenvalue weighted by Gasteiger charge is -2.42. The summed E-state index contributed by atoms with van der Waals surface area (Å²) >= 11 is 0. The average Bonchev–Trinajstić information content (AvgIpc) is 2.55. The molecule has 3 rings (SSSR count). The molecule has 134 valence electrons. The molecule has 1 aromatic carbocycles. The van der Waals surface area contributed by atoms with Gasteiger partial charge in [0, 0.05) is 35.2 Å². The molecular weight excluding hydrogens is 342 g/mol. The number of aliphatic carboxylic acids is 1. The van der Waals surface area contributed by atoms with Gasteiger partial charge in [-0.15, -0.1) is 0 Å². The minimum Gasteiger partial charge on any atom is -0.480 e. The monoisotopic (exact) mass is 363 g/mol. The Morgan fingerprint density at radius 3 is 2.80 bits per heavy atom. The van der Waals surface area contributed by atoms with Gasteiger partial charge in [0.2, 0.25) is 10.0 Å². The molecule has 0 saturated heterocycles. The second kappa shape index (κ2) is 7.07. The number of carbonyl (C=O) groups is 1. The number of carboxylic acids is 1. The zero-order chi connectivity index (χ0) is 18.0. The number of fused-ring (bicyclic) bond motifs is 1. The molecular formula is C17H21N3O4S. The second-order valence-electron chi connectivity index (χ2n) is 6.25. The highest BCUT2D eigenvalue weighted by Crippen LogP contribution is 2.28. The van der Waals surface area contributed by atoms with Crippen molar-refractivity contribution in [2.75, 3.05) is 13.1 Å². The number of benzene rings is 1. The quantitative estimate of drug-likeness (QED) is 0.772. The van der Waals surface area contributed by atoms with Crippen molar-refractivity contribution in [3.63, 3.8) is 0 Å². The lowest BCUT2D eigenvalue weighted by molar-refractivity contribution is -0.139. The van der Waals surface area contributed by atoms with E-state index < -0.39 is 16.0 Å². The highest BCUT2D eigenvalue weighted by atomic mass is 32.2. The van der Waals surface area contributed by atoms with Crippen LogP contribution < -0.4 is 4.72 Å². The van der Waals surface area contributed by atoms with Gasteiger partial charge in [-0.1, -0.05) is 19.1 Å². The topological polar surface area (TPSA) is 99.6 Å². The van der Waals surface area contributed by atoms with Crippen LogP contribution in [0.4, 0.5) is 0 Å². The van der Waals surface area contributed by atoms with Crippen molar-refractivity contribution in [1.29, 1.82) is 0 Å². The van der Waals surface area contributed by atoms with Crippen LogP contribution in [0.1, 0.15) is 19.8 Å². The Balaban J connectivity index is 1.70. The lowest BCUT2D eigenvalue weighted by atomic mass is 9.86. The number of likely N-dealkylation sites (N-methyl/N-ethyl adjacent to an activating group) is 1. The van der Waals surface area contributed by atoms with Crippen LogP contribution in [-0.4, -0.2) is 54.6 Å². The van der Waals surface area contributed by atoms with E-state index in [4.69, 9.17) is 5.11 Å². The van der Waals surface area contributed by atoms with Crippen LogP contribution in [0.15, 0.2) is 41.6 Å². The Kier molecular flexibility index (Phi) is 5.03. The summed E-state index contributed by atoms with van der Waals surface area (Å²) < 4.78 is 28.2. The number of hydrogen-bond acceptors (Lipinski definition) is 5. The minimum atomic E-state index is -3.64. The highest BCUT2D eigenvalue weighted by Gasteiger charge is 2.36. The van der Waals surface area contributed by atoms with Crippen molar-refractivity contribution < 1.29 is 18.3 Å². The lowest BCUT2D eigenvalue weighted by Crippen LogP contribution is -2.54. The second-order valence-corrected chi connectivity index (χ2v) is 7.94. The maximum Gasteiger partial charge on any atom is 0.317 e. The largest absolute Gasteiger partial charge is 0.480 e. The first-order valence-corrected chi connectivity index (χ1v) is 9.70. The summed E-state index contributed by atoms with van der Waals surface area (Å²) in [6, 6.07) is 6.74. The summed E-state index contributed by atoms with van der Waals surface area (Å²) in [7, 11) is -3.64. The molecule has 1 heterocycles. The molecule has 2 N–H and O–H groups in total. The Labute approximate surface area is 146 Å². The van der Waals surface area contributed by atoms with E-state index in [1.54, 1.807) is 30.6 Å². The predicted octanol–water partition coefficient (Wildman–Crippen LogP) is 1.45. The molecule has 0 unspecified atom stereocenters. The van der Waals surface area contributed by atoms with Crippen molar-refractivity contribution in [2.24, 2.45) is 0 Å². The number of rotatable bonds is 7. The molecule has 0 radical (unpaired) electrons. The maximum absolute atomic E-state index is 12.7. The van der Waals surface area contributed by atoms with E-state index >= 15 is 0 Å². The van der Waals surface area contributed by atoms with Gasteiger partial charge in [-0.3, -0.25) is 14.7 Å². The molecule has 0 bridgehead atoms. The molecule has 1 aliphatic carbocycles. The zero-order valence-electron chi connectivity index (χ0n) is 13.9. The first-order valence-electron chi connectivity index (χ1n) is 8.21. The van der Waals surface area contributed by atoms with Gasteiger partial charge >= 0.3 is 5.97 Å². The van der Waals surface area contributed by atoms with Crippen LogP contribution in [0.25, 0.3) is 10.8 Å². The van der Waals surface area contributed by atoms with Gasteiger partial charge in [0.1, 0.15) is 0 Å². The maximum atomic E-state index is 12.7. The number of hydrogen-bond donors (Lipinski definition) is 2. The minimum absolute atomic E-state index is 0.0169.